The number of benzene rings is 2. The van der Waals surface area contributed by atoms with Crippen LogP contribution < -0.4 is 14.8 Å². The van der Waals surface area contributed by atoms with Crippen LogP contribution in [0.25, 0.3) is 33.7 Å². The van der Waals surface area contributed by atoms with Gasteiger partial charge in [-0.25, -0.2) is 0 Å². The number of fused-ring (bicyclic) bond motifs is 1. The van der Waals surface area contributed by atoms with Crippen LogP contribution in [-0.2, 0) is 6.18 Å². The molecule has 3 heterocycles. The second-order valence-corrected chi connectivity index (χ2v) is 8.71. The number of ether oxygens (including phenoxy) is 1. The maximum absolute atomic E-state index is 13.0. The van der Waals surface area contributed by atoms with Crippen molar-refractivity contribution >= 4 is 22.4 Å². The van der Waals surface area contributed by atoms with Gasteiger partial charge < -0.3 is 9.15 Å². The van der Waals surface area contributed by atoms with Crippen molar-refractivity contribution in [1.29, 1.82) is 0 Å². The number of thiazole rings is 1. The lowest BCUT2D eigenvalue weighted by atomic mass is 10.1. The third kappa shape index (κ3) is 4.69. The zero-order chi connectivity index (χ0) is 24.6. The first-order valence-electron chi connectivity index (χ1n) is 10.7. The van der Waals surface area contributed by atoms with Gasteiger partial charge in [0.15, 0.2) is 5.82 Å². The Labute approximate surface area is 200 Å². The van der Waals surface area contributed by atoms with Crippen LogP contribution in [0.4, 0.5) is 13.2 Å². The lowest BCUT2D eigenvalue weighted by molar-refractivity contribution is -0.137. The van der Waals surface area contributed by atoms with Crippen molar-refractivity contribution in [3.8, 4) is 28.5 Å². The third-order valence-electron chi connectivity index (χ3n) is 5.14. The summed E-state index contributed by atoms with van der Waals surface area (Å²) in [5.41, 5.74) is -0.0707. The van der Waals surface area contributed by atoms with E-state index in [4.69, 9.17) is 9.15 Å². The SMILES string of the molecule is CCCOc1ccc(-c2nc3s/c(=C/c4ccc(-c5cccc(C(F)(F)F)c5)o4)c(=O)n3n2)cc1. The molecule has 0 radical (unpaired) electrons. The van der Waals surface area contributed by atoms with E-state index >= 15 is 0 Å². The van der Waals surface area contributed by atoms with Crippen LogP contribution in [-0.4, -0.2) is 21.2 Å². The van der Waals surface area contributed by atoms with Crippen molar-refractivity contribution in [2.75, 3.05) is 6.61 Å². The fourth-order valence-electron chi connectivity index (χ4n) is 3.44. The van der Waals surface area contributed by atoms with Gasteiger partial charge in [-0.05, 0) is 55.0 Å². The van der Waals surface area contributed by atoms with Crippen molar-refractivity contribution in [2.24, 2.45) is 0 Å². The number of alkyl halides is 3. The molecule has 0 aliphatic heterocycles. The van der Waals surface area contributed by atoms with Gasteiger partial charge in [-0.15, -0.1) is 5.10 Å². The number of halogens is 3. The van der Waals surface area contributed by atoms with Gasteiger partial charge in [0.1, 0.15) is 21.8 Å². The molecule has 0 spiro atoms. The first-order valence-corrected chi connectivity index (χ1v) is 11.6. The molecule has 0 amide bonds. The number of hydrogen-bond acceptors (Lipinski definition) is 6. The molecule has 0 N–H and O–H groups in total. The van der Waals surface area contributed by atoms with Gasteiger partial charge in [0.25, 0.3) is 5.56 Å². The van der Waals surface area contributed by atoms with E-state index in [2.05, 4.69) is 10.1 Å². The van der Waals surface area contributed by atoms with E-state index in [9.17, 15) is 18.0 Å². The number of furan rings is 1. The minimum Gasteiger partial charge on any atom is -0.494 e. The molecule has 35 heavy (non-hydrogen) atoms. The molecular weight excluding hydrogens is 479 g/mol. The van der Waals surface area contributed by atoms with E-state index < -0.39 is 11.7 Å². The van der Waals surface area contributed by atoms with Crippen LogP contribution in [0.15, 0.2) is 69.9 Å². The molecule has 0 saturated carbocycles. The van der Waals surface area contributed by atoms with Gasteiger partial charge in [0.05, 0.1) is 12.2 Å². The summed E-state index contributed by atoms with van der Waals surface area (Å²) in [6.07, 6.45) is -2.01. The molecule has 0 fully saturated rings. The highest BCUT2D eigenvalue weighted by Gasteiger charge is 2.30. The van der Waals surface area contributed by atoms with Crippen molar-refractivity contribution in [1.82, 2.24) is 14.6 Å². The Bertz CT molecular complexity index is 1600. The Kier molecular flexibility index (Phi) is 5.89. The highest BCUT2D eigenvalue weighted by molar-refractivity contribution is 7.15. The lowest BCUT2D eigenvalue weighted by Crippen LogP contribution is -2.23. The Morgan fingerprint density at radius 3 is 2.60 bits per heavy atom. The van der Waals surface area contributed by atoms with Crippen LogP contribution >= 0.6 is 11.3 Å². The highest BCUT2D eigenvalue weighted by Crippen LogP contribution is 2.32. The molecule has 0 atom stereocenters. The molecule has 0 aliphatic carbocycles. The van der Waals surface area contributed by atoms with Crippen LogP contribution in [0.3, 0.4) is 0 Å². The summed E-state index contributed by atoms with van der Waals surface area (Å²) < 4.78 is 51.8. The number of rotatable bonds is 6. The molecule has 3 aromatic heterocycles. The Hall–Kier alpha value is -3.92. The molecule has 10 heteroatoms. The summed E-state index contributed by atoms with van der Waals surface area (Å²) >= 11 is 1.15. The molecule has 5 aromatic rings. The monoisotopic (exact) mass is 497 g/mol. The van der Waals surface area contributed by atoms with Gasteiger partial charge in [0, 0.05) is 17.2 Å². The first-order chi connectivity index (χ1) is 16.8. The van der Waals surface area contributed by atoms with Crippen molar-refractivity contribution in [2.45, 2.75) is 19.5 Å². The predicted octanol–water partition coefficient (Wildman–Crippen LogP) is 5.43. The van der Waals surface area contributed by atoms with E-state index in [1.165, 1.54) is 22.7 Å². The second-order valence-electron chi connectivity index (χ2n) is 7.70. The quantitative estimate of drug-likeness (QED) is 0.313. The number of hydrogen-bond donors (Lipinski definition) is 0. The topological polar surface area (TPSA) is 69.6 Å². The molecule has 0 unspecified atom stereocenters. The van der Waals surface area contributed by atoms with Gasteiger partial charge in [0.2, 0.25) is 4.96 Å². The third-order valence-corrected chi connectivity index (χ3v) is 6.10. The maximum Gasteiger partial charge on any atom is 0.416 e. The Morgan fingerprint density at radius 1 is 1.09 bits per heavy atom. The average molecular weight is 497 g/mol. The summed E-state index contributed by atoms with van der Waals surface area (Å²) in [5.74, 6) is 1.78. The first kappa shape index (κ1) is 22.9. The molecule has 0 saturated heterocycles. The van der Waals surface area contributed by atoms with Crippen LogP contribution in [0.2, 0.25) is 0 Å². The fourth-order valence-corrected chi connectivity index (χ4v) is 4.33. The van der Waals surface area contributed by atoms with E-state index in [1.54, 1.807) is 12.1 Å². The standard InChI is InChI=1S/C25H18F3N3O3S/c1-2-12-33-18-8-6-15(7-9-18)22-29-24-31(30-22)23(32)21(35-24)14-19-10-11-20(34-19)16-4-3-5-17(13-16)25(26,27)28/h3-11,13-14H,2,12H2,1H3/b21-14+. The minimum absolute atomic E-state index is 0.267. The summed E-state index contributed by atoms with van der Waals surface area (Å²) in [5, 5.41) is 4.33. The van der Waals surface area contributed by atoms with E-state index in [1.807, 2.05) is 31.2 Å². The zero-order valence-electron chi connectivity index (χ0n) is 18.4. The van der Waals surface area contributed by atoms with Gasteiger partial charge in [-0.1, -0.05) is 30.4 Å². The molecule has 0 bridgehead atoms. The summed E-state index contributed by atoms with van der Waals surface area (Å²) in [6, 6.07) is 15.4. The molecule has 6 nitrogen and oxygen atoms in total. The normalized spacial score (nSPS) is 12.5. The van der Waals surface area contributed by atoms with Crippen molar-refractivity contribution in [3.63, 3.8) is 0 Å². The molecule has 5 rings (SSSR count). The largest absolute Gasteiger partial charge is 0.494 e. The van der Waals surface area contributed by atoms with Crippen molar-refractivity contribution < 1.29 is 22.3 Å². The van der Waals surface area contributed by atoms with Crippen LogP contribution in [0.5, 0.6) is 5.75 Å². The minimum atomic E-state index is -4.45. The number of aromatic nitrogens is 3. The Morgan fingerprint density at radius 2 is 1.89 bits per heavy atom. The molecular formula is C25H18F3N3O3S. The zero-order valence-corrected chi connectivity index (χ0v) is 19.2. The van der Waals surface area contributed by atoms with Gasteiger partial charge in [-0.3, -0.25) is 4.79 Å². The highest BCUT2D eigenvalue weighted by atomic mass is 32.1. The van der Waals surface area contributed by atoms with Gasteiger partial charge >= 0.3 is 6.18 Å². The summed E-state index contributed by atoms with van der Waals surface area (Å²) in [7, 11) is 0. The fraction of sp³-hybridized carbons (Fsp3) is 0.160. The van der Waals surface area contributed by atoms with Crippen LogP contribution in [0.1, 0.15) is 24.7 Å². The number of nitrogens with zero attached hydrogens (tertiary/aromatic N) is 3. The predicted molar refractivity (Wildman–Crippen MR) is 126 cm³/mol. The maximum atomic E-state index is 13.0. The van der Waals surface area contributed by atoms with Crippen LogP contribution in [0, 0.1) is 0 Å². The summed E-state index contributed by atoms with van der Waals surface area (Å²) in [6.45, 7) is 2.66. The molecule has 2 aromatic carbocycles. The molecule has 178 valence electrons. The van der Waals surface area contributed by atoms with E-state index in [0.29, 0.717) is 33.2 Å². The average Bonchev–Trinajstić information content (AvgIpc) is 3.55. The Balaban J connectivity index is 1.42. The van der Waals surface area contributed by atoms with Gasteiger partial charge in [-0.2, -0.15) is 22.7 Å². The lowest BCUT2D eigenvalue weighted by Gasteiger charge is -2.07. The smallest absolute Gasteiger partial charge is 0.416 e. The van der Waals surface area contributed by atoms with Crippen molar-refractivity contribution in [3.05, 3.63) is 86.9 Å². The molecule has 0 aliphatic rings. The summed E-state index contributed by atoms with van der Waals surface area (Å²) in [4.78, 5) is 17.7. The second kappa shape index (κ2) is 9.03. The van der Waals surface area contributed by atoms with E-state index in [-0.39, 0.29) is 11.3 Å². The van der Waals surface area contributed by atoms with E-state index in [0.717, 1.165) is 41.2 Å².